The minimum absolute atomic E-state index is 0.512. The Morgan fingerprint density at radius 2 is 1.94 bits per heavy atom. The van der Waals surface area contributed by atoms with Crippen molar-refractivity contribution < 1.29 is 8.78 Å². The van der Waals surface area contributed by atoms with Crippen LogP contribution in [0.1, 0.15) is 27.2 Å². The Kier molecular flexibility index (Phi) is 3.22. The van der Waals surface area contributed by atoms with Crippen LogP contribution in [0.25, 0.3) is 0 Å². The maximum Gasteiger partial charge on any atom is 0.159 e. The predicted molar refractivity (Wildman–Crippen MR) is 64.0 cm³/mol. The maximum atomic E-state index is 13.1. The lowest BCUT2D eigenvalue weighted by Gasteiger charge is -2.08. The van der Waals surface area contributed by atoms with E-state index in [1.165, 1.54) is 17.4 Å². The van der Waals surface area contributed by atoms with Crippen LogP contribution in [-0.2, 0) is 0 Å². The molecular formula is C12H12F2N2S. The van der Waals surface area contributed by atoms with Gasteiger partial charge in [-0.1, -0.05) is 6.07 Å². The van der Waals surface area contributed by atoms with Crippen LogP contribution in [0, 0.1) is 25.5 Å². The molecule has 2 aromatic rings. The van der Waals surface area contributed by atoms with Crippen LogP contribution < -0.4 is 5.73 Å². The number of thiazole rings is 1. The van der Waals surface area contributed by atoms with Gasteiger partial charge in [-0.05, 0) is 31.5 Å². The van der Waals surface area contributed by atoms with Gasteiger partial charge in [-0.2, -0.15) is 0 Å². The number of aromatic nitrogens is 1. The molecule has 0 aliphatic carbocycles. The van der Waals surface area contributed by atoms with Crippen molar-refractivity contribution in [2.45, 2.75) is 19.9 Å². The van der Waals surface area contributed by atoms with Crippen molar-refractivity contribution in [2.75, 3.05) is 0 Å². The Bertz CT molecular complexity index is 532. The van der Waals surface area contributed by atoms with Crippen LogP contribution in [0.5, 0.6) is 0 Å². The molecule has 2 rings (SSSR count). The van der Waals surface area contributed by atoms with E-state index in [-0.39, 0.29) is 0 Å². The molecule has 0 aliphatic rings. The summed E-state index contributed by atoms with van der Waals surface area (Å²) in [5, 5.41) is 0.714. The van der Waals surface area contributed by atoms with E-state index >= 15 is 0 Å². The van der Waals surface area contributed by atoms with Gasteiger partial charge >= 0.3 is 0 Å². The summed E-state index contributed by atoms with van der Waals surface area (Å²) in [6.45, 7) is 3.85. The number of nitrogens with two attached hydrogens (primary N) is 1. The van der Waals surface area contributed by atoms with Crippen molar-refractivity contribution in [2.24, 2.45) is 5.73 Å². The molecule has 0 saturated heterocycles. The molecule has 17 heavy (non-hydrogen) atoms. The smallest absolute Gasteiger partial charge is 0.159 e. The van der Waals surface area contributed by atoms with Crippen molar-refractivity contribution in [1.29, 1.82) is 0 Å². The van der Waals surface area contributed by atoms with Crippen molar-refractivity contribution in [3.63, 3.8) is 0 Å². The fourth-order valence-corrected chi connectivity index (χ4v) is 2.43. The molecule has 5 heteroatoms. The number of nitrogens with zero attached hydrogens (tertiary/aromatic N) is 1. The summed E-state index contributed by atoms with van der Waals surface area (Å²) in [7, 11) is 0. The second-order valence-electron chi connectivity index (χ2n) is 3.84. The van der Waals surface area contributed by atoms with Gasteiger partial charge in [0, 0.05) is 4.88 Å². The zero-order valence-electron chi connectivity index (χ0n) is 9.50. The Labute approximate surface area is 102 Å². The average molecular weight is 254 g/mol. The first-order valence-corrected chi connectivity index (χ1v) is 5.95. The molecule has 0 aliphatic heterocycles. The summed E-state index contributed by atoms with van der Waals surface area (Å²) < 4.78 is 25.9. The normalized spacial score (nSPS) is 12.8. The fourth-order valence-electron chi connectivity index (χ4n) is 1.48. The molecular weight excluding hydrogens is 242 g/mol. The molecule has 2 N–H and O–H groups in total. The van der Waals surface area contributed by atoms with E-state index in [0.29, 0.717) is 10.6 Å². The Morgan fingerprint density at radius 3 is 2.47 bits per heavy atom. The topological polar surface area (TPSA) is 38.9 Å². The maximum absolute atomic E-state index is 13.1. The highest BCUT2D eigenvalue weighted by Crippen LogP contribution is 2.26. The molecule has 1 aromatic heterocycles. The van der Waals surface area contributed by atoms with Crippen molar-refractivity contribution in [1.82, 2.24) is 4.98 Å². The summed E-state index contributed by atoms with van der Waals surface area (Å²) in [6.07, 6.45) is 0. The van der Waals surface area contributed by atoms with Crippen LogP contribution in [-0.4, -0.2) is 4.98 Å². The molecule has 1 atom stereocenters. The minimum atomic E-state index is -0.886. The monoisotopic (exact) mass is 254 g/mol. The second kappa shape index (κ2) is 4.50. The second-order valence-corrected chi connectivity index (χ2v) is 5.08. The van der Waals surface area contributed by atoms with Gasteiger partial charge in [0.05, 0.1) is 11.7 Å². The van der Waals surface area contributed by atoms with Crippen molar-refractivity contribution >= 4 is 11.3 Å². The first kappa shape index (κ1) is 12.1. The summed E-state index contributed by atoms with van der Waals surface area (Å²) in [5.41, 5.74) is 7.42. The average Bonchev–Trinajstić information content (AvgIpc) is 2.62. The highest BCUT2D eigenvalue weighted by Gasteiger charge is 2.16. The van der Waals surface area contributed by atoms with Crippen LogP contribution >= 0.6 is 11.3 Å². The van der Waals surface area contributed by atoms with Gasteiger partial charge in [0.2, 0.25) is 0 Å². The third kappa shape index (κ3) is 2.35. The molecule has 0 fully saturated rings. The lowest BCUT2D eigenvalue weighted by molar-refractivity contribution is 0.506. The van der Waals surface area contributed by atoms with Gasteiger partial charge in [-0.15, -0.1) is 11.3 Å². The molecule has 0 spiro atoms. The van der Waals surface area contributed by atoms with E-state index < -0.39 is 17.7 Å². The number of aryl methyl sites for hydroxylation is 2. The zero-order chi connectivity index (χ0) is 12.6. The summed E-state index contributed by atoms with van der Waals surface area (Å²) in [6, 6.07) is 3.17. The lowest BCUT2D eigenvalue weighted by atomic mass is 10.1. The Balaban J connectivity index is 2.36. The van der Waals surface area contributed by atoms with Crippen molar-refractivity contribution in [3.8, 4) is 0 Å². The van der Waals surface area contributed by atoms with E-state index in [0.717, 1.165) is 22.7 Å². The number of hydrogen-bond acceptors (Lipinski definition) is 3. The van der Waals surface area contributed by atoms with Gasteiger partial charge in [0.25, 0.3) is 0 Å². The highest BCUT2D eigenvalue weighted by molar-refractivity contribution is 7.11. The quantitative estimate of drug-likeness (QED) is 0.894. The van der Waals surface area contributed by atoms with Gasteiger partial charge in [-0.3, -0.25) is 0 Å². The van der Waals surface area contributed by atoms with Crippen LogP contribution in [0.2, 0.25) is 0 Å². The number of hydrogen-bond donors (Lipinski definition) is 1. The largest absolute Gasteiger partial charge is 0.318 e. The van der Waals surface area contributed by atoms with Gasteiger partial charge in [0.15, 0.2) is 11.6 Å². The summed E-state index contributed by atoms with van der Waals surface area (Å²) in [5.74, 6) is -1.75. The molecule has 2 nitrogen and oxygen atoms in total. The standard InChI is InChI=1S/C12H12F2N2S/c1-6-7(2)17-12(16-6)11(15)8-3-4-9(13)10(14)5-8/h3-5,11H,15H2,1-2H3. The Morgan fingerprint density at radius 1 is 1.24 bits per heavy atom. The lowest BCUT2D eigenvalue weighted by Crippen LogP contribution is -2.12. The van der Waals surface area contributed by atoms with Crippen LogP contribution in [0.4, 0.5) is 8.78 Å². The summed E-state index contributed by atoms with van der Waals surface area (Å²) in [4.78, 5) is 5.40. The predicted octanol–water partition coefficient (Wildman–Crippen LogP) is 3.09. The fraction of sp³-hybridized carbons (Fsp3) is 0.250. The molecule has 0 radical (unpaired) electrons. The number of halogens is 2. The zero-order valence-corrected chi connectivity index (χ0v) is 10.3. The molecule has 1 heterocycles. The first-order valence-electron chi connectivity index (χ1n) is 5.13. The van der Waals surface area contributed by atoms with E-state index in [2.05, 4.69) is 4.98 Å². The number of benzene rings is 1. The molecule has 0 saturated carbocycles. The third-order valence-electron chi connectivity index (χ3n) is 2.61. The Hall–Kier alpha value is -1.33. The van der Waals surface area contributed by atoms with Gasteiger partial charge in [-0.25, -0.2) is 13.8 Å². The van der Waals surface area contributed by atoms with E-state index in [9.17, 15) is 8.78 Å². The van der Waals surface area contributed by atoms with Crippen LogP contribution in [0.3, 0.4) is 0 Å². The molecule has 90 valence electrons. The minimum Gasteiger partial charge on any atom is -0.318 e. The van der Waals surface area contributed by atoms with E-state index in [1.54, 1.807) is 0 Å². The first-order chi connectivity index (χ1) is 7.99. The van der Waals surface area contributed by atoms with Gasteiger partial charge < -0.3 is 5.73 Å². The summed E-state index contributed by atoms with van der Waals surface area (Å²) >= 11 is 1.48. The van der Waals surface area contributed by atoms with E-state index in [4.69, 9.17) is 5.73 Å². The third-order valence-corrected chi connectivity index (χ3v) is 3.77. The van der Waals surface area contributed by atoms with Crippen LogP contribution in [0.15, 0.2) is 18.2 Å². The van der Waals surface area contributed by atoms with Gasteiger partial charge in [0.1, 0.15) is 5.01 Å². The van der Waals surface area contributed by atoms with Crippen molar-refractivity contribution in [3.05, 3.63) is 51.0 Å². The highest BCUT2D eigenvalue weighted by atomic mass is 32.1. The molecule has 1 aromatic carbocycles. The molecule has 0 amide bonds. The molecule has 1 unspecified atom stereocenters. The SMILES string of the molecule is Cc1nc(C(N)c2ccc(F)c(F)c2)sc1C. The molecule has 0 bridgehead atoms. The number of rotatable bonds is 2. The van der Waals surface area contributed by atoms with E-state index in [1.807, 2.05) is 13.8 Å².